The first kappa shape index (κ1) is 20.6. The third kappa shape index (κ3) is 7.99. The highest BCUT2D eigenvalue weighted by Gasteiger charge is 2.17. The summed E-state index contributed by atoms with van der Waals surface area (Å²) in [6.45, 7) is 10.5. The van der Waals surface area contributed by atoms with Crippen LogP contribution in [-0.2, 0) is 12.0 Å². The molecular formula is C15H29IN4S. The van der Waals surface area contributed by atoms with Gasteiger partial charge in [0.05, 0.1) is 12.2 Å². The van der Waals surface area contributed by atoms with Crippen LogP contribution in [-0.4, -0.2) is 24.5 Å². The minimum atomic E-state index is 0. The number of thiazole rings is 1. The molecule has 0 aliphatic carbocycles. The number of nitrogens with one attached hydrogen (secondary N) is 2. The quantitative estimate of drug-likeness (QED) is 0.315. The van der Waals surface area contributed by atoms with Crippen molar-refractivity contribution in [3.63, 3.8) is 0 Å². The summed E-state index contributed by atoms with van der Waals surface area (Å²) >= 11 is 1.70. The summed E-state index contributed by atoms with van der Waals surface area (Å²) in [6.07, 6.45) is 3.68. The molecule has 0 saturated carbocycles. The Kier molecular flexibility index (Phi) is 10.2. The van der Waals surface area contributed by atoms with Gasteiger partial charge in [-0.05, 0) is 6.42 Å². The molecule has 1 heterocycles. The Labute approximate surface area is 150 Å². The van der Waals surface area contributed by atoms with E-state index < -0.39 is 0 Å². The SMILES string of the molecule is CCCCCNC(=NC)NCc1nc(C(C)(C)C)cs1.I. The summed E-state index contributed by atoms with van der Waals surface area (Å²) in [5.74, 6) is 0.855. The molecule has 1 aromatic rings. The molecular weight excluding hydrogens is 395 g/mol. The van der Waals surface area contributed by atoms with Crippen molar-refractivity contribution < 1.29 is 0 Å². The van der Waals surface area contributed by atoms with Gasteiger partial charge >= 0.3 is 0 Å². The topological polar surface area (TPSA) is 49.3 Å². The number of aliphatic imine (C=N–C) groups is 1. The van der Waals surface area contributed by atoms with Gasteiger partial charge in [-0.1, -0.05) is 40.5 Å². The van der Waals surface area contributed by atoms with Crippen molar-refractivity contribution >= 4 is 41.3 Å². The lowest BCUT2D eigenvalue weighted by atomic mass is 9.93. The zero-order chi connectivity index (χ0) is 15.0. The van der Waals surface area contributed by atoms with Gasteiger partial charge in [0.15, 0.2) is 5.96 Å². The molecule has 0 bridgehead atoms. The number of hydrogen-bond acceptors (Lipinski definition) is 3. The van der Waals surface area contributed by atoms with Crippen LogP contribution in [0.3, 0.4) is 0 Å². The highest BCUT2D eigenvalue weighted by molar-refractivity contribution is 14.0. The Morgan fingerprint density at radius 3 is 2.52 bits per heavy atom. The van der Waals surface area contributed by atoms with Gasteiger partial charge in [-0.3, -0.25) is 4.99 Å². The third-order valence-electron chi connectivity index (χ3n) is 3.02. The second-order valence-electron chi connectivity index (χ2n) is 5.94. The van der Waals surface area contributed by atoms with E-state index in [9.17, 15) is 0 Å². The Balaban J connectivity index is 0.00000400. The monoisotopic (exact) mass is 424 g/mol. The molecule has 122 valence electrons. The Morgan fingerprint density at radius 2 is 2.00 bits per heavy atom. The molecule has 21 heavy (non-hydrogen) atoms. The molecule has 0 radical (unpaired) electrons. The van der Waals surface area contributed by atoms with Crippen LogP contribution < -0.4 is 10.6 Å². The number of guanidine groups is 1. The van der Waals surface area contributed by atoms with Crippen LogP contribution in [0.1, 0.15) is 57.7 Å². The van der Waals surface area contributed by atoms with Crippen molar-refractivity contribution in [3.8, 4) is 0 Å². The fraction of sp³-hybridized carbons (Fsp3) is 0.733. The number of unbranched alkanes of at least 4 members (excludes halogenated alkanes) is 2. The lowest BCUT2D eigenvalue weighted by molar-refractivity contribution is 0.570. The van der Waals surface area contributed by atoms with Gasteiger partial charge in [-0.15, -0.1) is 35.3 Å². The van der Waals surface area contributed by atoms with Crippen molar-refractivity contribution in [2.45, 2.75) is 58.9 Å². The number of hydrogen-bond donors (Lipinski definition) is 2. The average Bonchev–Trinajstić information content (AvgIpc) is 2.87. The van der Waals surface area contributed by atoms with E-state index >= 15 is 0 Å². The normalized spacial score (nSPS) is 12.0. The molecule has 6 heteroatoms. The lowest BCUT2D eigenvalue weighted by Crippen LogP contribution is -2.37. The molecule has 0 spiro atoms. The van der Waals surface area contributed by atoms with Gasteiger partial charge in [0.25, 0.3) is 0 Å². The van der Waals surface area contributed by atoms with Gasteiger partial charge in [-0.2, -0.15) is 0 Å². The van der Waals surface area contributed by atoms with Crippen LogP contribution in [0.2, 0.25) is 0 Å². The highest BCUT2D eigenvalue weighted by Crippen LogP contribution is 2.23. The second kappa shape index (κ2) is 10.4. The largest absolute Gasteiger partial charge is 0.356 e. The van der Waals surface area contributed by atoms with Crippen LogP contribution >= 0.6 is 35.3 Å². The Morgan fingerprint density at radius 1 is 1.29 bits per heavy atom. The number of aromatic nitrogens is 1. The second-order valence-corrected chi connectivity index (χ2v) is 6.88. The Hall–Kier alpha value is -0.370. The van der Waals surface area contributed by atoms with Crippen LogP contribution in [0.25, 0.3) is 0 Å². The summed E-state index contributed by atoms with van der Waals surface area (Å²) in [7, 11) is 1.80. The first-order valence-electron chi connectivity index (χ1n) is 7.36. The molecule has 0 aliphatic heterocycles. The summed E-state index contributed by atoms with van der Waals surface area (Å²) < 4.78 is 0. The molecule has 0 saturated heterocycles. The van der Waals surface area contributed by atoms with E-state index in [2.05, 4.69) is 53.7 Å². The fourth-order valence-electron chi connectivity index (χ4n) is 1.70. The lowest BCUT2D eigenvalue weighted by Gasteiger charge is -2.14. The summed E-state index contributed by atoms with van der Waals surface area (Å²) in [5.41, 5.74) is 1.28. The van der Waals surface area contributed by atoms with Crippen LogP contribution in [0.5, 0.6) is 0 Å². The molecule has 4 nitrogen and oxygen atoms in total. The van der Waals surface area contributed by atoms with Gasteiger partial charge in [0, 0.05) is 24.4 Å². The van der Waals surface area contributed by atoms with E-state index in [1.165, 1.54) is 19.3 Å². The summed E-state index contributed by atoms with van der Waals surface area (Å²) in [4.78, 5) is 8.90. The van der Waals surface area contributed by atoms with E-state index in [4.69, 9.17) is 0 Å². The van der Waals surface area contributed by atoms with Crippen LogP contribution in [0, 0.1) is 0 Å². The highest BCUT2D eigenvalue weighted by atomic mass is 127. The molecule has 0 fully saturated rings. The van der Waals surface area contributed by atoms with E-state index in [1.54, 1.807) is 18.4 Å². The predicted molar refractivity (Wildman–Crippen MR) is 104 cm³/mol. The maximum absolute atomic E-state index is 4.67. The first-order chi connectivity index (χ1) is 9.47. The molecule has 0 atom stereocenters. The average molecular weight is 424 g/mol. The van der Waals surface area contributed by atoms with E-state index in [0.717, 1.165) is 29.8 Å². The standard InChI is InChI=1S/C15H28N4S.HI/c1-6-7-8-9-17-14(16-5)18-10-13-19-12(11-20-13)15(2,3)4;/h11H,6-10H2,1-5H3,(H2,16,17,18);1H. The molecule has 0 aliphatic rings. The number of nitrogens with zero attached hydrogens (tertiary/aromatic N) is 2. The molecule has 0 aromatic carbocycles. The van der Waals surface area contributed by atoms with Crippen molar-refractivity contribution in [1.29, 1.82) is 0 Å². The van der Waals surface area contributed by atoms with Crippen LogP contribution in [0.4, 0.5) is 0 Å². The van der Waals surface area contributed by atoms with Crippen molar-refractivity contribution in [2.24, 2.45) is 4.99 Å². The smallest absolute Gasteiger partial charge is 0.191 e. The third-order valence-corrected chi connectivity index (χ3v) is 3.87. The van der Waals surface area contributed by atoms with E-state index in [0.29, 0.717) is 0 Å². The van der Waals surface area contributed by atoms with Crippen LogP contribution in [0.15, 0.2) is 10.4 Å². The molecule has 0 amide bonds. The number of halogens is 1. The zero-order valence-electron chi connectivity index (χ0n) is 13.8. The molecule has 1 aromatic heterocycles. The van der Waals surface area contributed by atoms with Crippen molar-refractivity contribution in [1.82, 2.24) is 15.6 Å². The molecule has 1 rings (SSSR count). The van der Waals surface area contributed by atoms with E-state index in [-0.39, 0.29) is 29.4 Å². The molecule has 0 unspecified atom stereocenters. The minimum absolute atomic E-state index is 0. The Bertz CT molecular complexity index is 424. The van der Waals surface area contributed by atoms with Gasteiger partial charge in [0.2, 0.25) is 0 Å². The van der Waals surface area contributed by atoms with Gasteiger partial charge in [0.1, 0.15) is 5.01 Å². The van der Waals surface area contributed by atoms with E-state index in [1.807, 2.05) is 0 Å². The number of rotatable bonds is 6. The van der Waals surface area contributed by atoms with Gasteiger partial charge in [-0.25, -0.2) is 4.98 Å². The fourth-order valence-corrected chi connectivity index (χ4v) is 2.66. The van der Waals surface area contributed by atoms with Crippen molar-refractivity contribution in [2.75, 3.05) is 13.6 Å². The molecule has 2 N–H and O–H groups in total. The zero-order valence-corrected chi connectivity index (χ0v) is 17.0. The summed E-state index contributed by atoms with van der Waals surface area (Å²) in [5, 5.41) is 9.89. The summed E-state index contributed by atoms with van der Waals surface area (Å²) in [6, 6.07) is 0. The van der Waals surface area contributed by atoms with Gasteiger partial charge < -0.3 is 10.6 Å². The maximum atomic E-state index is 4.67. The predicted octanol–water partition coefficient (Wildman–Crippen LogP) is 3.91. The van der Waals surface area contributed by atoms with Crippen molar-refractivity contribution in [3.05, 3.63) is 16.1 Å². The maximum Gasteiger partial charge on any atom is 0.191 e. The first-order valence-corrected chi connectivity index (χ1v) is 8.24. The minimum Gasteiger partial charge on any atom is -0.356 e.